The van der Waals surface area contributed by atoms with E-state index in [-0.39, 0.29) is 0 Å². The number of piperidine rings is 1. The van der Waals surface area contributed by atoms with Crippen molar-refractivity contribution in [3.63, 3.8) is 0 Å². The average Bonchev–Trinajstić information content (AvgIpc) is 2.06. The average molecular weight is 167 g/mol. The van der Waals surface area contributed by atoms with E-state index in [9.17, 15) is 0 Å². The van der Waals surface area contributed by atoms with Gasteiger partial charge in [0.1, 0.15) is 5.84 Å². The second-order valence-electron chi connectivity index (χ2n) is 3.41. The summed E-state index contributed by atoms with van der Waals surface area (Å²) >= 11 is 0. The first-order valence-corrected chi connectivity index (χ1v) is 4.46. The fourth-order valence-corrected chi connectivity index (χ4v) is 1.45. The fourth-order valence-electron chi connectivity index (χ4n) is 1.45. The zero-order valence-electron chi connectivity index (χ0n) is 7.59. The Balaban J connectivity index is 2.39. The van der Waals surface area contributed by atoms with Gasteiger partial charge in [-0.3, -0.25) is 5.41 Å². The molecule has 0 bridgehead atoms. The van der Waals surface area contributed by atoms with Crippen LogP contribution in [0.5, 0.6) is 0 Å². The largest absolute Gasteiger partial charge is 0.404 e. The highest BCUT2D eigenvalue weighted by Crippen LogP contribution is 2.15. The lowest BCUT2D eigenvalue weighted by Crippen LogP contribution is -2.36. The van der Waals surface area contributed by atoms with Crippen LogP contribution in [0.4, 0.5) is 0 Å². The summed E-state index contributed by atoms with van der Waals surface area (Å²) in [5.74, 6) is 1.36. The fraction of sp³-hybridized carbons (Fsp3) is 0.667. The van der Waals surface area contributed by atoms with Gasteiger partial charge in [-0.2, -0.15) is 0 Å². The highest BCUT2D eigenvalue weighted by Gasteiger charge is 2.15. The molecule has 68 valence electrons. The van der Waals surface area contributed by atoms with E-state index in [1.165, 1.54) is 19.0 Å². The Labute approximate surface area is 73.7 Å². The number of nitrogens with one attached hydrogen (secondary N) is 1. The maximum Gasteiger partial charge on any atom is 0.122 e. The van der Waals surface area contributed by atoms with Gasteiger partial charge in [0.25, 0.3) is 0 Å². The first-order valence-electron chi connectivity index (χ1n) is 4.46. The number of nitrogens with zero attached hydrogens (tertiary/aromatic N) is 1. The molecule has 0 amide bonds. The predicted octanol–water partition coefficient (Wildman–Crippen LogP) is 1.17. The lowest BCUT2D eigenvalue weighted by atomic mass is 9.99. The standard InChI is InChI=1S/C9H17N3/c1-8-3-6-12(7-4-8)9(11)2-5-10/h2,5,8,11H,3-4,6-7,10H2,1H3/b5-2-,11-9?. The first-order chi connectivity index (χ1) is 5.74. The van der Waals surface area contributed by atoms with Crippen LogP contribution >= 0.6 is 0 Å². The molecule has 12 heavy (non-hydrogen) atoms. The maximum atomic E-state index is 7.61. The van der Waals surface area contributed by atoms with E-state index in [0.29, 0.717) is 5.84 Å². The van der Waals surface area contributed by atoms with E-state index < -0.39 is 0 Å². The van der Waals surface area contributed by atoms with Crippen molar-refractivity contribution in [3.05, 3.63) is 12.3 Å². The molecule has 1 rings (SSSR count). The van der Waals surface area contributed by atoms with Crippen molar-refractivity contribution in [1.29, 1.82) is 5.41 Å². The quantitative estimate of drug-likeness (QED) is 0.455. The minimum absolute atomic E-state index is 0.546. The molecule has 1 saturated heterocycles. The molecule has 0 aromatic carbocycles. The maximum absolute atomic E-state index is 7.61. The summed E-state index contributed by atoms with van der Waals surface area (Å²) in [6.45, 7) is 4.27. The van der Waals surface area contributed by atoms with E-state index in [1.807, 2.05) is 0 Å². The molecule has 0 radical (unpaired) electrons. The van der Waals surface area contributed by atoms with Crippen molar-refractivity contribution >= 4 is 5.84 Å². The minimum atomic E-state index is 0.546. The van der Waals surface area contributed by atoms with Gasteiger partial charge in [-0.15, -0.1) is 0 Å². The molecule has 3 N–H and O–H groups in total. The SMILES string of the molecule is CC1CCN(C(=N)/C=C\N)CC1. The third-order valence-corrected chi connectivity index (χ3v) is 2.38. The predicted molar refractivity (Wildman–Crippen MR) is 51.0 cm³/mol. The molecular weight excluding hydrogens is 150 g/mol. The third kappa shape index (κ3) is 2.26. The zero-order valence-corrected chi connectivity index (χ0v) is 7.59. The van der Waals surface area contributed by atoms with Crippen molar-refractivity contribution in [2.45, 2.75) is 19.8 Å². The summed E-state index contributed by atoms with van der Waals surface area (Å²) in [5, 5.41) is 7.61. The van der Waals surface area contributed by atoms with Crippen molar-refractivity contribution in [2.75, 3.05) is 13.1 Å². The van der Waals surface area contributed by atoms with Gasteiger partial charge in [0.05, 0.1) is 0 Å². The zero-order chi connectivity index (χ0) is 8.97. The lowest BCUT2D eigenvalue weighted by molar-refractivity contribution is 0.280. The summed E-state index contributed by atoms with van der Waals surface area (Å²) < 4.78 is 0. The van der Waals surface area contributed by atoms with Crippen LogP contribution in [0.1, 0.15) is 19.8 Å². The molecule has 1 aliphatic heterocycles. The molecule has 0 unspecified atom stereocenters. The van der Waals surface area contributed by atoms with Crippen LogP contribution in [0.15, 0.2) is 12.3 Å². The Morgan fingerprint density at radius 1 is 1.50 bits per heavy atom. The summed E-state index contributed by atoms with van der Waals surface area (Å²) in [4.78, 5) is 2.07. The molecule has 0 atom stereocenters. The molecule has 0 aromatic rings. The second kappa shape index (κ2) is 4.14. The third-order valence-electron chi connectivity index (χ3n) is 2.38. The van der Waals surface area contributed by atoms with E-state index in [1.54, 1.807) is 6.08 Å². The summed E-state index contributed by atoms with van der Waals surface area (Å²) in [6, 6.07) is 0. The van der Waals surface area contributed by atoms with Crippen LogP contribution in [0.3, 0.4) is 0 Å². The molecule has 1 aliphatic rings. The Morgan fingerprint density at radius 2 is 2.08 bits per heavy atom. The summed E-state index contributed by atoms with van der Waals surface area (Å²) in [7, 11) is 0. The van der Waals surface area contributed by atoms with Crippen LogP contribution < -0.4 is 5.73 Å². The van der Waals surface area contributed by atoms with Crippen LogP contribution in [0.2, 0.25) is 0 Å². The minimum Gasteiger partial charge on any atom is -0.404 e. The number of amidine groups is 1. The van der Waals surface area contributed by atoms with Gasteiger partial charge in [-0.05, 0) is 31.0 Å². The number of nitrogens with two attached hydrogens (primary N) is 1. The number of hydrogen-bond acceptors (Lipinski definition) is 2. The summed E-state index contributed by atoms with van der Waals surface area (Å²) in [6.07, 6.45) is 5.47. The summed E-state index contributed by atoms with van der Waals surface area (Å²) in [5.41, 5.74) is 5.22. The van der Waals surface area contributed by atoms with Gasteiger partial charge in [0.2, 0.25) is 0 Å². The van der Waals surface area contributed by atoms with Crippen LogP contribution in [-0.4, -0.2) is 23.8 Å². The van der Waals surface area contributed by atoms with Gasteiger partial charge in [0.15, 0.2) is 0 Å². The highest BCUT2D eigenvalue weighted by molar-refractivity contribution is 5.90. The molecular formula is C9H17N3. The van der Waals surface area contributed by atoms with E-state index in [4.69, 9.17) is 11.1 Å². The number of hydrogen-bond donors (Lipinski definition) is 2. The molecule has 3 nitrogen and oxygen atoms in total. The van der Waals surface area contributed by atoms with Gasteiger partial charge in [-0.25, -0.2) is 0 Å². The molecule has 1 heterocycles. The molecule has 0 aliphatic carbocycles. The van der Waals surface area contributed by atoms with Crippen LogP contribution in [0.25, 0.3) is 0 Å². The topological polar surface area (TPSA) is 53.1 Å². The number of rotatable bonds is 1. The molecule has 3 heteroatoms. The van der Waals surface area contributed by atoms with E-state index >= 15 is 0 Å². The normalized spacial score (nSPS) is 20.2. The van der Waals surface area contributed by atoms with Crippen molar-refractivity contribution in [3.8, 4) is 0 Å². The Bertz CT molecular complexity index is 178. The van der Waals surface area contributed by atoms with Gasteiger partial charge >= 0.3 is 0 Å². The first kappa shape index (κ1) is 9.10. The van der Waals surface area contributed by atoms with Crippen LogP contribution in [-0.2, 0) is 0 Å². The Morgan fingerprint density at radius 3 is 2.58 bits per heavy atom. The molecule has 0 aromatic heterocycles. The monoisotopic (exact) mass is 167 g/mol. The van der Waals surface area contributed by atoms with Gasteiger partial charge in [0, 0.05) is 13.1 Å². The van der Waals surface area contributed by atoms with Crippen molar-refractivity contribution in [1.82, 2.24) is 4.90 Å². The van der Waals surface area contributed by atoms with Crippen molar-refractivity contribution < 1.29 is 0 Å². The van der Waals surface area contributed by atoms with Crippen LogP contribution in [0, 0.1) is 11.3 Å². The molecule has 0 saturated carbocycles. The smallest absolute Gasteiger partial charge is 0.122 e. The molecule has 1 fully saturated rings. The van der Waals surface area contributed by atoms with E-state index in [2.05, 4.69) is 11.8 Å². The van der Waals surface area contributed by atoms with Gasteiger partial charge in [-0.1, -0.05) is 6.92 Å². The van der Waals surface area contributed by atoms with E-state index in [0.717, 1.165) is 19.0 Å². The Hall–Kier alpha value is -0.990. The lowest BCUT2D eigenvalue weighted by Gasteiger charge is -2.31. The van der Waals surface area contributed by atoms with Crippen molar-refractivity contribution in [2.24, 2.45) is 11.7 Å². The highest BCUT2D eigenvalue weighted by atomic mass is 15.2. The Kier molecular flexibility index (Phi) is 3.14. The number of likely N-dealkylation sites (tertiary alicyclic amines) is 1. The van der Waals surface area contributed by atoms with Gasteiger partial charge < -0.3 is 10.6 Å². The molecule has 0 spiro atoms. The second-order valence-corrected chi connectivity index (χ2v) is 3.41.